The molecule has 2 atom stereocenters. The number of nitrogens with zero attached hydrogens (tertiary/aromatic N) is 5. The SMILES string of the molecule is CC.CC=Nc1ccc(C#N)cc1C.CCC1CC2(CCC1(F)F)CN(c1cnc(C(C)(C)C)cn1)C(=O)O2. The molecule has 1 saturated heterocycles. The highest BCUT2D eigenvalue weighted by molar-refractivity contribution is 5.89. The Morgan fingerprint density at radius 1 is 1.23 bits per heavy atom. The van der Waals surface area contributed by atoms with Crippen LogP contribution in [0.15, 0.2) is 35.6 Å². The first-order valence-corrected chi connectivity index (χ1v) is 13.5. The summed E-state index contributed by atoms with van der Waals surface area (Å²) in [6.45, 7) is 15.9. The maximum Gasteiger partial charge on any atom is 0.416 e. The molecule has 1 aliphatic carbocycles. The standard InChI is InChI=1S/C18H25F2N3O2.C10H10N2.C2H6/c1-5-12-8-17(6-7-18(12,19)20)11-23(15(24)25-17)14-10-21-13(9-22-14)16(2,3)4;1-3-12-10-5-4-9(7-11)6-8(10)2;1-2/h9-10,12H,5-8,11H2,1-4H3;3-6H,1-2H3;1-2H3. The predicted molar refractivity (Wildman–Crippen MR) is 151 cm³/mol. The van der Waals surface area contributed by atoms with Gasteiger partial charge in [0.15, 0.2) is 5.82 Å². The first-order valence-electron chi connectivity index (χ1n) is 13.5. The smallest absolute Gasteiger partial charge is 0.416 e. The van der Waals surface area contributed by atoms with E-state index in [1.807, 2.05) is 60.6 Å². The minimum atomic E-state index is -2.69. The Kier molecular flexibility index (Phi) is 10.7. The fraction of sp³-hybridized carbons (Fsp3) is 0.567. The molecule has 9 heteroatoms. The molecule has 7 nitrogen and oxygen atoms in total. The van der Waals surface area contributed by atoms with Gasteiger partial charge in [0.2, 0.25) is 0 Å². The number of halogens is 2. The van der Waals surface area contributed by atoms with Crippen LogP contribution in [-0.2, 0) is 10.2 Å². The molecule has 2 heterocycles. The van der Waals surface area contributed by atoms with Crippen LogP contribution in [0.2, 0.25) is 0 Å². The molecule has 1 aromatic carbocycles. The maximum absolute atomic E-state index is 14.0. The topological polar surface area (TPSA) is 91.5 Å². The van der Waals surface area contributed by atoms with Crippen molar-refractivity contribution in [2.45, 2.75) is 98.0 Å². The van der Waals surface area contributed by atoms with Gasteiger partial charge in [-0.15, -0.1) is 0 Å². The average molecular weight is 542 g/mol. The third kappa shape index (κ3) is 7.81. The molecule has 1 spiro atoms. The van der Waals surface area contributed by atoms with Gasteiger partial charge in [-0.2, -0.15) is 5.26 Å². The van der Waals surface area contributed by atoms with E-state index in [0.717, 1.165) is 16.9 Å². The highest BCUT2D eigenvalue weighted by Gasteiger charge is 2.56. The molecule has 2 unspecified atom stereocenters. The van der Waals surface area contributed by atoms with E-state index in [2.05, 4.69) is 21.0 Å². The minimum absolute atomic E-state index is 0.137. The summed E-state index contributed by atoms with van der Waals surface area (Å²) in [6, 6.07) is 7.55. The molecule has 39 heavy (non-hydrogen) atoms. The van der Waals surface area contributed by atoms with Crippen LogP contribution in [0.4, 0.5) is 25.1 Å². The van der Waals surface area contributed by atoms with Crippen LogP contribution in [-0.4, -0.2) is 40.3 Å². The summed E-state index contributed by atoms with van der Waals surface area (Å²) in [5.41, 5.74) is 2.49. The lowest BCUT2D eigenvalue weighted by molar-refractivity contribution is -0.136. The number of benzene rings is 1. The summed E-state index contributed by atoms with van der Waals surface area (Å²) in [4.78, 5) is 26.6. The van der Waals surface area contributed by atoms with Gasteiger partial charge < -0.3 is 4.74 Å². The van der Waals surface area contributed by atoms with Gasteiger partial charge in [0.05, 0.1) is 42.0 Å². The molecule has 0 N–H and O–H groups in total. The molecule has 1 amide bonds. The number of aromatic nitrogens is 2. The van der Waals surface area contributed by atoms with E-state index in [1.54, 1.807) is 31.6 Å². The highest BCUT2D eigenvalue weighted by atomic mass is 19.3. The van der Waals surface area contributed by atoms with E-state index in [-0.39, 0.29) is 31.2 Å². The van der Waals surface area contributed by atoms with Gasteiger partial charge >= 0.3 is 6.09 Å². The lowest BCUT2D eigenvalue weighted by atomic mass is 9.74. The second-order valence-corrected chi connectivity index (χ2v) is 10.7. The number of aryl methyl sites for hydroxylation is 1. The van der Waals surface area contributed by atoms with Crippen molar-refractivity contribution in [1.82, 2.24) is 9.97 Å². The number of carbonyl (C=O) groups excluding carboxylic acids is 1. The maximum atomic E-state index is 14.0. The third-order valence-corrected chi connectivity index (χ3v) is 6.87. The molecular formula is C30H41F2N5O2. The molecule has 0 radical (unpaired) electrons. The normalized spacial score (nSPS) is 21.9. The number of rotatable bonds is 3. The van der Waals surface area contributed by atoms with Crippen LogP contribution in [0.1, 0.15) is 91.0 Å². The van der Waals surface area contributed by atoms with Crippen molar-refractivity contribution >= 4 is 23.8 Å². The molecule has 0 bridgehead atoms. The molecule has 2 aromatic rings. The van der Waals surface area contributed by atoms with Gasteiger partial charge in [-0.3, -0.25) is 14.9 Å². The van der Waals surface area contributed by atoms with Crippen molar-refractivity contribution in [2.24, 2.45) is 10.9 Å². The summed E-state index contributed by atoms with van der Waals surface area (Å²) < 4.78 is 33.6. The van der Waals surface area contributed by atoms with Crippen molar-refractivity contribution in [2.75, 3.05) is 11.4 Å². The molecular weight excluding hydrogens is 500 g/mol. The molecule has 212 valence electrons. The quantitative estimate of drug-likeness (QED) is 0.368. The van der Waals surface area contributed by atoms with Crippen molar-refractivity contribution < 1.29 is 18.3 Å². The van der Waals surface area contributed by atoms with E-state index in [0.29, 0.717) is 17.8 Å². The van der Waals surface area contributed by atoms with Gasteiger partial charge in [0.1, 0.15) is 5.60 Å². The van der Waals surface area contributed by atoms with Crippen molar-refractivity contribution in [3.63, 3.8) is 0 Å². The number of hydrogen-bond donors (Lipinski definition) is 0. The second kappa shape index (κ2) is 13.1. The monoisotopic (exact) mass is 541 g/mol. The number of nitriles is 1. The fourth-order valence-corrected chi connectivity index (χ4v) is 4.63. The number of anilines is 1. The van der Waals surface area contributed by atoms with Crippen LogP contribution < -0.4 is 4.90 Å². The largest absolute Gasteiger partial charge is 0.441 e. The molecule has 1 aromatic heterocycles. The third-order valence-electron chi connectivity index (χ3n) is 6.87. The first kappa shape index (κ1) is 31.8. The van der Waals surface area contributed by atoms with Gasteiger partial charge in [0.25, 0.3) is 5.92 Å². The predicted octanol–water partition coefficient (Wildman–Crippen LogP) is 7.93. The van der Waals surface area contributed by atoms with E-state index < -0.39 is 23.5 Å². The minimum Gasteiger partial charge on any atom is -0.441 e. The van der Waals surface area contributed by atoms with Crippen LogP contribution in [0, 0.1) is 24.2 Å². The van der Waals surface area contributed by atoms with Crippen LogP contribution in [0.25, 0.3) is 0 Å². The Balaban J connectivity index is 0.000000320. The summed E-state index contributed by atoms with van der Waals surface area (Å²) in [5, 5.41) is 8.59. The summed E-state index contributed by atoms with van der Waals surface area (Å²) in [7, 11) is 0. The number of alkyl halides is 2. The molecule has 1 aliphatic heterocycles. The Morgan fingerprint density at radius 2 is 1.92 bits per heavy atom. The summed E-state index contributed by atoms with van der Waals surface area (Å²) in [5.74, 6) is -3.04. The first-order chi connectivity index (χ1) is 18.3. The molecule has 4 rings (SSSR count). The zero-order chi connectivity index (χ0) is 29.4. The van der Waals surface area contributed by atoms with E-state index in [4.69, 9.17) is 10.00 Å². The average Bonchev–Trinajstić information content (AvgIpc) is 3.23. The van der Waals surface area contributed by atoms with E-state index >= 15 is 0 Å². The van der Waals surface area contributed by atoms with E-state index in [1.165, 1.54) is 4.90 Å². The Hall–Kier alpha value is -3.41. The number of hydrogen-bond acceptors (Lipinski definition) is 6. The number of carbonyl (C=O) groups is 1. The fourth-order valence-electron chi connectivity index (χ4n) is 4.63. The van der Waals surface area contributed by atoms with Gasteiger partial charge in [0, 0.05) is 24.0 Å². The van der Waals surface area contributed by atoms with Crippen molar-refractivity contribution in [3.8, 4) is 6.07 Å². The van der Waals surface area contributed by atoms with Gasteiger partial charge in [-0.05, 0) is 56.9 Å². The van der Waals surface area contributed by atoms with Crippen molar-refractivity contribution in [1.29, 1.82) is 5.26 Å². The second-order valence-electron chi connectivity index (χ2n) is 10.7. The van der Waals surface area contributed by atoms with Gasteiger partial charge in [-0.25, -0.2) is 18.6 Å². The molecule has 1 saturated carbocycles. The lowest BCUT2D eigenvalue weighted by Crippen LogP contribution is -2.47. The zero-order valence-electron chi connectivity index (χ0n) is 24.4. The van der Waals surface area contributed by atoms with Crippen molar-refractivity contribution in [3.05, 3.63) is 47.4 Å². The summed E-state index contributed by atoms with van der Waals surface area (Å²) >= 11 is 0. The van der Waals surface area contributed by atoms with Crippen LogP contribution >= 0.6 is 0 Å². The summed E-state index contributed by atoms with van der Waals surface area (Å²) in [6.07, 6.45) is 4.89. The van der Waals surface area contributed by atoms with Crippen LogP contribution in [0.3, 0.4) is 0 Å². The Labute approximate surface area is 231 Å². The highest BCUT2D eigenvalue weighted by Crippen LogP contribution is 2.48. The number of aliphatic imine (C=N–C) groups is 1. The number of ether oxygens (including phenoxy) is 1. The Bertz CT molecular complexity index is 1190. The van der Waals surface area contributed by atoms with Crippen LogP contribution in [0.5, 0.6) is 0 Å². The molecule has 2 aliphatic rings. The Morgan fingerprint density at radius 3 is 2.44 bits per heavy atom. The number of amides is 1. The van der Waals surface area contributed by atoms with E-state index in [9.17, 15) is 13.6 Å². The lowest BCUT2D eigenvalue weighted by Gasteiger charge is -2.40. The molecule has 2 fully saturated rings. The zero-order valence-corrected chi connectivity index (χ0v) is 24.4. The van der Waals surface area contributed by atoms with Gasteiger partial charge in [-0.1, -0.05) is 41.5 Å².